The van der Waals surface area contributed by atoms with Gasteiger partial charge in [-0.15, -0.1) is 0 Å². The quantitative estimate of drug-likeness (QED) is 0.522. The summed E-state index contributed by atoms with van der Waals surface area (Å²) in [4.78, 5) is 8.83. The SMILES string of the molecule is CCN1CCN(c2oc(-c3cccc(OC)c3)nc2S(=O)(=O)c2ccc3c(c2)OCCO3)CC1. The van der Waals surface area contributed by atoms with Crippen molar-refractivity contribution in [1.29, 1.82) is 0 Å². The lowest BCUT2D eigenvalue weighted by atomic mass is 10.2. The van der Waals surface area contributed by atoms with Gasteiger partial charge in [0.1, 0.15) is 19.0 Å². The van der Waals surface area contributed by atoms with E-state index in [-0.39, 0.29) is 21.7 Å². The molecule has 0 saturated carbocycles. The molecule has 3 heterocycles. The van der Waals surface area contributed by atoms with Crippen molar-refractivity contribution in [2.24, 2.45) is 0 Å². The van der Waals surface area contributed by atoms with Crippen molar-refractivity contribution in [2.45, 2.75) is 16.8 Å². The summed E-state index contributed by atoms with van der Waals surface area (Å²) in [6.45, 7) is 6.77. The number of aromatic nitrogens is 1. The van der Waals surface area contributed by atoms with Gasteiger partial charge in [-0.25, -0.2) is 8.42 Å². The molecule has 0 aliphatic carbocycles. The summed E-state index contributed by atoms with van der Waals surface area (Å²) in [6, 6.07) is 11.8. The molecule has 0 unspecified atom stereocenters. The number of ether oxygens (including phenoxy) is 3. The van der Waals surface area contributed by atoms with Gasteiger partial charge in [-0.05, 0) is 36.9 Å². The minimum absolute atomic E-state index is 0.0793. The van der Waals surface area contributed by atoms with E-state index in [2.05, 4.69) is 16.8 Å². The Kier molecular flexibility index (Phi) is 6.09. The van der Waals surface area contributed by atoms with Crippen LogP contribution in [0.15, 0.2) is 56.8 Å². The maximum Gasteiger partial charge on any atom is 0.236 e. The van der Waals surface area contributed by atoms with Crippen LogP contribution < -0.4 is 19.1 Å². The molecule has 0 atom stereocenters. The van der Waals surface area contributed by atoms with Crippen LogP contribution >= 0.6 is 0 Å². The number of hydrogen-bond donors (Lipinski definition) is 0. The Morgan fingerprint density at radius 2 is 1.76 bits per heavy atom. The number of hydrogen-bond acceptors (Lipinski definition) is 9. The third-order valence-electron chi connectivity index (χ3n) is 6.08. The molecule has 0 N–H and O–H groups in total. The zero-order valence-corrected chi connectivity index (χ0v) is 20.0. The molecule has 0 spiro atoms. The number of methoxy groups -OCH3 is 1. The minimum atomic E-state index is -4.00. The topological polar surface area (TPSA) is 94.3 Å². The summed E-state index contributed by atoms with van der Waals surface area (Å²) in [5.74, 6) is 2.04. The van der Waals surface area contributed by atoms with Crippen LogP contribution in [0.1, 0.15) is 6.92 Å². The fraction of sp³-hybridized carbons (Fsp3) is 0.375. The van der Waals surface area contributed by atoms with Crippen LogP contribution in [0.4, 0.5) is 5.88 Å². The Hall–Kier alpha value is -3.24. The van der Waals surface area contributed by atoms with Crippen molar-refractivity contribution in [3.05, 3.63) is 42.5 Å². The number of rotatable bonds is 6. The first-order valence-electron chi connectivity index (χ1n) is 11.3. The Labute approximate surface area is 198 Å². The van der Waals surface area contributed by atoms with Crippen LogP contribution in [-0.2, 0) is 9.84 Å². The molecule has 10 heteroatoms. The predicted molar refractivity (Wildman–Crippen MR) is 126 cm³/mol. The Bertz CT molecular complexity index is 1280. The lowest BCUT2D eigenvalue weighted by molar-refractivity contribution is 0.171. The molecule has 180 valence electrons. The van der Waals surface area contributed by atoms with Crippen molar-refractivity contribution in [3.8, 4) is 28.7 Å². The number of sulfone groups is 1. The highest BCUT2D eigenvalue weighted by Gasteiger charge is 2.33. The number of benzene rings is 2. The first kappa shape index (κ1) is 22.5. The van der Waals surface area contributed by atoms with Gasteiger partial charge in [0.05, 0.1) is 12.0 Å². The molecule has 1 aromatic heterocycles. The fourth-order valence-electron chi connectivity index (χ4n) is 4.12. The van der Waals surface area contributed by atoms with Gasteiger partial charge < -0.3 is 28.4 Å². The molecule has 1 fully saturated rings. The maximum atomic E-state index is 13.8. The van der Waals surface area contributed by atoms with Crippen molar-refractivity contribution in [1.82, 2.24) is 9.88 Å². The molecule has 34 heavy (non-hydrogen) atoms. The fourth-order valence-corrected chi connectivity index (χ4v) is 5.46. The van der Waals surface area contributed by atoms with Gasteiger partial charge >= 0.3 is 0 Å². The number of oxazole rings is 1. The van der Waals surface area contributed by atoms with Crippen LogP contribution in [0.2, 0.25) is 0 Å². The van der Waals surface area contributed by atoms with Crippen molar-refractivity contribution in [2.75, 3.05) is 57.9 Å². The predicted octanol–water partition coefficient (Wildman–Crippen LogP) is 3.10. The van der Waals surface area contributed by atoms with Crippen LogP contribution in [-0.4, -0.2) is 71.3 Å². The second kappa shape index (κ2) is 9.19. The van der Waals surface area contributed by atoms with E-state index in [0.717, 1.165) is 19.6 Å². The molecule has 2 aromatic carbocycles. The second-order valence-corrected chi connectivity index (χ2v) is 9.96. The van der Waals surface area contributed by atoms with Crippen LogP contribution in [0.3, 0.4) is 0 Å². The highest BCUT2D eigenvalue weighted by atomic mass is 32.2. The second-order valence-electron chi connectivity index (χ2n) is 8.09. The third kappa shape index (κ3) is 4.19. The minimum Gasteiger partial charge on any atom is -0.497 e. The molecular weight excluding hydrogens is 458 g/mol. The molecule has 0 amide bonds. The van der Waals surface area contributed by atoms with Gasteiger partial charge in [0.25, 0.3) is 0 Å². The summed E-state index contributed by atoms with van der Waals surface area (Å²) < 4.78 is 50.2. The first-order chi connectivity index (χ1) is 16.5. The molecule has 0 radical (unpaired) electrons. The summed E-state index contributed by atoms with van der Waals surface area (Å²) in [5, 5.41) is -0.105. The van der Waals surface area contributed by atoms with Crippen LogP contribution in [0.25, 0.3) is 11.5 Å². The average molecular weight is 486 g/mol. The van der Waals surface area contributed by atoms with E-state index in [1.165, 1.54) is 12.1 Å². The number of fused-ring (bicyclic) bond motifs is 1. The highest BCUT2D eigenvalue weighted by molar-refractivity contribution is 7.91. The molecule has 2 aliphatic rings. The zero-order chi connectivity index (χ0) is 23.7. The molecule has 5 rings (SSSR count). The normalized spacial score (nSPS) is 16.5. The largest absolute Gasteiger partial charge is 0.497 e. The summed E-state index contributed by atoms with van der Waals surface area (Å²) >= 11 is 0. The molecule has 0 bridgehead atoms. The Balaban J connectivity index is 1.59. The monoisotopic (exact) mass is 485 g/mol. The van der Waals surface area contributed by atoms with Gasteiger partial charge in [-0.1, -0.05) is 13.0 Å². The molecule has 2 aliphatic heterocycles. The van der Waals surface area contributed by atoms with E-state index >= 15 is 0 Å². The van der Waals surface area contributed by atoms with E-state index in [0.29, 0.717) is 49.1 Å². The van der Waals surface area contributed by atoms with Crippen LogP contribution in [0.5, 0.6) is 17.2 Å². The standard InChI is InChI=1S/C24H27N3O6S/c1-3-26-9-11-27(12-10-26)24-23(25-22(33-24)17-5-4-6-18(15-17)30-2)34(28,29)19-7-8-20-21(16-19)32-14-13-31-20/h4-8,15-16H,3,9-14H2,1-2H3. The summed E-state index contributed by atoms with van der Waals surface area (Å²) in [6.07, 6.45) is 0. The summed E-state index contributed by atoms with van der Waals surface area (Å²) in [5.41, 5.74) is 0.636. The van der Waals surface area contributed by atoms with Gasteiger partial charge in [0.15, 0.2) is 11.5 Å². The lowest BCUT2D eigenvalue weighted by Crippen LogP contribution is -2.46. The van der Waals surface area contributed by atoms with E-state index in [9.17, 15) is 8.42 Å². The molecular formula is C24H27N3O6S. The molecule has 3 aromatic rings. The smallest absolute Gasteiger partial charge is 0.236 e. The number of piperazine rings is 1. The van der Waals surface area contributed by atoms with E-state index < -0.39 is 9.84 Å². The lowest BCUT2D eigenvalue weighted by Gasteiger charge is -2.33. The van der Waals surface area contributed by atoms with E-state index in [4.69, 9.17) is 18.6 Å². The van der Waals surface area contributed by atoms with Crippen molar-refractivity contribution >= 4 is 15.7 Å². The number of anilines is 1. The third-order valence-corrected chi connectivity index (χ3v) is 7.73. The van der Waals surface area contributed by atoms with Gasteiger partial charge in [-0.3, -0.25) is 0 Å². The van der Waals surface area contributed by atoms with E-state index in [1.54, 1.807) is 19.2 Å². The van der Waals surface area contributed by atoms with Gasteiger partial charge in [-0.2, -0.15) is 4.98 Å². The van der Waals surface area contributed by atoms with Crippen molar-refractivity contribution in [3.63, 3.8) is 0 Å². The van der Waals surface area contributed by atoms with E-state index in [1.807, 2.05) is 23.1 Å². The molecule has 1 saturated heterocycles. The highest BCUT2D eigenvalue weighted by Crippen LogP contribution is 2.38. The Morgan fingerprint density at radius 1 is 1.00 bits per heavy atom. The maximum absolute atomic E-state index is 13.8. The average Bonchev–Trinajstić information content (AvgIpc) is 3.35. The number of likely N-dealkylation sites (N-methyl/N-ethyl adjacent to an activating group) is 1. The van der Waals surface area contributed by atoms with Gasteiger partial charge in [0.2, 0.25) is 26.6 Å². The van der Waals surface area contributed by atoms with Crippen LogP contribution in [0, 0.1) is 0 Å². The van der Waals surface area contributed by atoms with Gasteiger partial charge in [0, 0.05) is 37.8 Å². The zero-order valence-electron chi connectivity index (χ0n) is 19.2. The first-order valence-corrected chi connectivity index (χ1v) is 12.7. The summed E-state index contributed by atoms with van der Waals surface area (Å²) in [7, 11) is -2.43. The Morgan fingerprint density at radius 3 is 2.50 bits per heavy atom. The van der Waals surface area contributed by atoms with Crippen molar-refractivity contribution < 1.29 is 27.0 Å². The number of nitrogens with zero attached hydrogens (tertiary/aromatic N) is 3. The molecule has 9 nitrogen and oxygen atoms in total.